The largest absolute Gasteiger partial charge is 0.497 e. The number of methoxy groups -OCH3 is 1. The topological polar surface area (TPSA) is 12.5 Å². The van der Waals surface area contributed by atoms with E-state index in [-0.39, 0.29) is 12.7 Å². The van der Waals surface area contributed by atoms with Crippen molar-refractivity contribution in [2.75, 3.05) is 25.2 Å². The van der Waals surface area contributed by atoms with Crippen molar-refractivity contribution in [1.29, 1.82) is 0 Å². The van der Waals surface area contributed by atoms with Gasteiger partial charge in [0.25, 0.3) is 0 Å². The molecule has 2 nitrogen and oxygen atoms in total. The van der Waals surface area contributed by atoms with Crippen molar-refractivity contribution in [3.63, 3.8) is 0 Å². The lowest BCUT2D eigenvalue weighted by Crippen LogP contribution is -2.36. The first kappa shape index (κ1) is 13.0. The zero-order valence-corrected chi connectivity index (χ0v) is 11.6. The third-order valence-electron chi connectivity index (χ3n) is 3.96. The molecule has 3 rings (SSSR count). The maximum atomic E-state index is 13.6. The molecule has 2 aromatic carbocycles. The summed E-state index contributed by atoms with van der Waals surface area (Å²) >= 11 is 0. The van der Waals surface area contributed by atoms with E-state index < -0.39 is 0 Å². The molecule has 3 heteroatoms. The maximum Gasteiger partial charge on any atom is 0.119 e. The molecule has 0 aromatic heterocycles. The first-order valence-corrected chi connectivity index (χ1v) is 6.88. The third-order valence-corrected chi connectivity index (χ3v) is 3.96. The lowest BCUT2D eigenvalue weighted by atomic mass is 9.93. The minimum Gasteiger partial charge on any atom is -0.497 e. The van der Waals surface area contributed by atoms with Gasteiger partial charge in [0, 0.05) is 12.2 Å². The zero-order valence-electron chi connectivity index (χ0n) is 11.6. The molecule has 0 fully saturated rings. The molecule has 1 heterocycles. The molecular formula is C17H18FNO. The Balaban J connectivity index is 1.94. The van der Waals surface area contributed by atoms with Crippen LogP contribution in [0.25, 0.3) is 0 Å². The highest BCUT2D eigenvalue weighted by atomic mass is 19.1. The summed E-state index contributed by atoms with van der Waals surface area (Å²) in [6.07, 6.45) is 0.957. The number of rotatable bonds is 3. The molecule has 104 valence electrons. The second-order valence-electron chi connectivity index (χ2n) is 5.01. The minimum atomic E-state index is -0.372. The number of alkyl halides is 1. The van der Waals surface area contributed by atoms with Crippen LogP contribution in [-0.4, -0.2) is 20.3 Å². The zero-order chi connectivity index (χ0) is 13.9. The van der Waals surface area contributed by atoms with Crippen LogP contribution in [0, 0.1) is 0 Å². The van der Waals surface area contributed by atoms with Gasteiger partial charge in [-0.1, -0.05) is 24.3 Å². The van der Waals surface area contributed by atoms with E-state index in [1.54, 1.807) is 7.11 Å². The average molecular weight is 271 g/mol. The van der Waals surface area contributed by atoms with E-state index >= 15 is 0 Å². The van der Waals surface area contributed by atoms with E-state index in [0.717, 1.165) is 30.0 Å². The molecule has 1 aliphatic heterocycles. The molecule has 0 saturated carbocycles. The molecular weight excluding hydrogens is 253 g/mol. The van der Waals surface area contributed by atoms with Crippen molar-refractivity contribution in [1.82, 2.24) is 0 Å². The SMILES string of the molecule is COc1ccc(N2CCc3ccccc3C2CF)cc1. The summed E-state index contributed by atoms with van der Waals surface area (Å²) in [5, 5.41) is 0. The summed E-state index contributed by atoms with van der Waals surface area (Å²) in [7, 11) is 1.65. The lowest BCUT2D eigenvalue weighted by molar-refractivity contribution is 0.405. The molecule has 0 amide bonds. The number of nitrogens with zero attached hydrogens (tertiary/aromatic N) is 1. The fourth-order valence-electron chi connectivity index (χ4n) is 2.90. The van der Waals surface area contributed by atoms with Crippen LogP contribution < -0.4 is 9.64 Å². The molecule has 0 radical (unpaired) electrons. The van der Waals surface area contributed by atoms with E-state index in [4.69, 9.17) is 4.74 Å². The van der Waals surface area contributed by atoms with Gasteiger partial charge < -0.3 is 9.64 Å². The predicted octanol–water partition coefficient (Wildman–Crippen LogP) is 3.77. The highest BCUT2D eigenvalue weighted by Crippen LogP contribution is 2.34. The van der Waals surface area contributed by atoms with Gasteiger partial charge in [0.05, 0.1) is 13.2 Å². The molecule has 20 heavy (non-hydrogen) atoms. The number of halogens is 1. The Morgan fingerprint density at radius 2 is 1.90 bits per heavy atom. The van der Waals surface area contributed by atoms with Crippen LogP contribution in [0.1, 0.15) is 17.2 Å². The normalized spacial score (nSPS) is 17.7. The molecule has 0 saturated heterocycles. The van der Waals surface area contributed by atoms with E-state index in [0.29, 0.717) is 0 Å². The summed E-state index contributed by atoms with van der Waals surface area (Å²) in [6.45, 7) is 0.473. The Bertz CT molecular complexity index is 582. The Kier molecular flexibility index (Phi) is 3.59. The first-order chi connectivity index (χ1) is 9.83. The Morgan fingerprint density at radius 3 is 2.60 bits per heavy atom. The number of fused-ring (bicyclic) bond motifs is 1. The van der Waals surface area contributed by atoms with E-state index in [2.05, 4.69) is 11.0 Å². The van der Waals surface area contributed by atoms with Gasteiger partial charge in [-0.25, -0.2) is 4.39 Å². The third kappa shape index (κ3) is 2.24. The van der Waals surface area contributed by atoms with Crippen LogP contribution in [0.4, 0.5) is 10.1 Å². The van der Waals surface area contributed by atoms with Crippen LogP contribution in [0.5, 0.6) is 5.75 Å². The fourth-order valence-corrected chi connectivity index (χ4v) is 2.90. The minimum absolute atomic E-state index is 0.187. The maximum absolute atomic E-state index is 13.6. The van der Waals surface area contributed by atoms with Crippen LogP contribution in [0.15, 0.2) is 48.5 Å². The average Bonchev–Trinajstić information content (AvgIpc) is 2.54. The second-order valence-corrected chi connectivity index (χ2v) is 5.01. The van der Waals surface area contributed by atoms with Crippen molar-refractivity contribution in [3.8, 4) is 5.75 Å². The Hall–Kier alpha value is -2.03. The van der Waals surface area contributed by atoms with Gasteiger partial charge in [0.15, 0.2) is 0 Å². The van der Waals surface area contributed by atoms with Gasteiger partial charge in [0.2, 0.25) is 0 Å². The first-order valence-electron chi connectivity index (χ1n) is 6.88. The van der Waals surface area contributed by atoms with E-state index in [1.807, 2.05) is 42.5 Å². The quantitative estimate of drug-likeness (QED) is 0.842. The van der Waals surface area contributed by atoms with Gasteiger partial charge in [-0.05, 0) is 41.8 Å². The van der Waals surface area contributed by atoms with Crippen molar-refractivity contribution >= 4 is 5.69 Å². The highest BCUT2D eigenvalue weighted by Gasteiger charge is 2.27. The van der Waals surface area contributed by atoms with Gasteiger partial charge in [-0.2, -0.15) is 0 Å². The van der Waals surface area contributed by atoms with Gasteiger partial charge >= 0.3 is 0 Å². The monoisotopic (exact) mass is 271 g/mol. The van der Waals surface area contributed by atoms with E-state index in [9.17, 15) is 4.39 Å². The van der Waals surface area contributed by atoms with Crippen molar-refractivity contribution in [2.45, 2.75) is 12.5 Å². The Labute approximate surface area is 118 Å². The van der Waals surface area contributed by atoms with Gasteiger partial charge in [0.1, 0.15) is 12.4 Å². The van der Waals surface area contributed by atoms with Crippen LogP contribution in [-0.2, 0) is 6.42 Å². The standard InChI is InChI=1S/C17H18FNO/c1-20-15-8-6-14(7-9-15)19-11-10-13-4-2-3-5-16(13)17(19)12-18/h2-9,17H,10-12H2,1H3. The van der Waals surface area contributed by atoms with Gasteiger partial charge in [-0.15, -0.1) is 0 Å². The van der Waals surface area contributed by atoms with Crippen molar-refractivity contribution in [2.24, 2.45) is 0 Å². The van der Waals surface area contributed by atoms with Crippen LogP contribution in [0.2, 0.25) is 0 Å². The summed E-state index contributed by atoms with van der Waals surface area (Å²) in [6, 6.07) is 15.8. The smallest absolute Gasteiger partial charge is 0.119 e. The predicted molar refractivity (Wildman–Crippen MR) is 79.2 cm³/mol. The molecule has 0 spiro atoms. The fraction of sp³-hybridized carbons (Fsp3) is 0.294. The summed E-state index contributed by atoms with van der Waals surface area (Å²) in [5.41, 5.74) is 3.42. The molecule has 0 bridgehead atoms. The van der Waals surface area contributed by atoms with Crippen molar-refractivity contribution in [3.05, 3.63) is 59.7 Å². The van der Waals surface area contributed by atoms with Gasteiger partial charge in [-0.3, -0.25) is 0 Å². The lowest BCUT2D eigenvalue weighted by Gasteiger charge is -2.37. The molecule has 2 aromatic rings. The van der Waals surface area contributed by atoms with E-state index in [1.165, 1.54) is 5.56 Å². The van der Waals surface area contributed by atoms with Crippen molar-refractivity contribution < 1.29 is 9.13 Å². The molecule has 0 N–H and O–H groups in total. The molecule has 0 aliphatic carbocycles. The molecule has 1 aliphatic rings. The number of hydrogen-bond donors (Lipinski definition) is 0. The number of ether oxygens (including phenoxy) is 1. The summed E-state index contributed by atoms with van der Waals surface area (Å²) < 4.78 is 18.7. The highest BCUT2D eigenvalue weighted by molar-refractivity contribution is 5.53. The summed E-state index contributed by atoms with van der Waals surface area (Å²) in [4.78, 5) is 2.14. The molecule has 1 atom stereocenters. The van der Waals surface area contributed by atoms with Crippen LogP contribution in [0.3, 0.4) is 0 Å². The van der Waals surface area contributed by atoms with Crippen LogP contribution >= 0.6 is 0 Å². The number of hydrogen-bond acceptors (Lipinski definition) is 2. The summed E-state index contributed by atoms with van der Waals surface area (Å²) in [5.74, 6) is 0.822. The number of benzene rings is 2. The molecule has 1 unspecified atom stereocenters. The number of anilines is 1. The second kappa shape index (κ2) is 5.53. The Morgan fingerprint density at radius 1 is 1.15 bits per heavy atom.